The van der Waals surface area contributed by atoms with Crippen molar-refractivity contribution in [1.82, 2.24) is 4.98 Å². The highest BCUT2D eigenvalue weighted by molar-refractivity contribution is 14.1. The smallest absolute Gasteiger partial charge is 0.262 e. The van der Waals surface area contributed by atoms with Crippen LogP contribution in [0.5, 0.6) is 5.75 Å². The molecule has 0 saturated carbocycles. The molecule has 0 spiro atoms. The van der Waals surface area contributed by atoms with Gasteiger partial charge in [-0.15, -0.1) is 11.3 Å². The number of hydrogen-bond donors (Lipinski definition) is 2. The van der Waals surface area contributed by atoms with E-state index < -0.39 is 0 Å². The van der Waals surface area contributed by atoms with Crippen LogP contribution in [0.3, 0.4) is 0 Å². The monoisotopic (exact) mass is 479 g/mol. The van der Waals surface area contributed by atoms with Crippen LogP contribution >= 0.6 is 33.9 Å². The Morgan fingerprint density at radius 3 is 2.65 bits per heavy atom. The van der Waals surface area contributed by atoms with Gasteiger partial charge in [0.1, 0.15) is 5.75 Å². The Bertz CT molecular complexity index is 898. The maximum atomic E-state index is 12.2. The highest BCUT2D eigenvalue weighted by atomic mass is 127. The molecular weight excluding hydrogens is 465 g/mol. The van der Waals surface area contributed by atoms with Gasteiger partial charge in [-0.1, -0.05) is 6.07 Å². The van der Waals surface area contributed by atoms with Gasteiger partial charge in [0.2, 0.25) is 0 Å². The fourth-order valence-electron chi connectivity index (χ4n) is 2.07. The number of rotatable bonds is 6. The van der Waals surface area contributed by atoms with E-state index in [1.54, 1.807) is 48.0 Å². The molecule has 2 amide bonds. The normalized spacial score (nSPS) is 10.2. The van der Waals surface area contributed by atoms with E-state index in [-0.39, 0.29) is 18.4 Å². The molecule has 0 aliphatic carbocycles. The van der Waals surface area contributed by atoms with Crippen molar-refractivity contribution >= 4 is 56.6 Å². The Morgan fingerprint density at radius 1 is 1.12 bits per heavy atom. The quantitative estimate of drug-likeness (QED) is 0.524. The third kappa shape index (κ3) is 5.27. The molecule has 8 heteroatoms. The Kier molecular flexibility index (Phi) is 6.18. The Hall–Kier alpha value is -2.46. The summed E-state index contributed by atoms with van der Waals surface area (Å²) < 4.78 is 6.53. The van der Waals surface area contributed by atoms with Gasteiger partial charge in [-0.3, -0.25) is 14.9 Å². The van der Waals surface area contributed by atoms with Crippen LogP contribution in [0, 0.1) is 3.57 Å². The van der Waals surface area contributed by atoms with Crippen LogP contribution in [0.2, 0.25) is 0 Å². The van der Waals surface area contributed by atoms with Crippen LogP contribution in [0.1, 0.15) is 10.4 Å². The Morgan fingerprint density at radius 2 is 1.92 bits per heavy atom. The largest absolute Gasteiger partial charge is 0.484 e. The average molecular weight is 479 g/mol. The van der Waals surface area contributed by atoms with Gasteiger partial charge in [0, 0.05) is 26.4 Å². The van der Waals surface area contributed by atoms with Crippen molar-refractivity contribution in [3.63, 3.8) is 0 Å². The number of nitrogens with zero attached hydrogens (tertiary/aromatic N) is 1. The number of benzene rings is 2. The number of ether oxygens (including phenoxy) is 1. The van der Waals surface area contributed by atoms with Gasteiger partial charge < -0.3 is 10.1 Å². The summed E-state index contributed by atoms with van der Waals surface area (Å²) in [6, 6.07) is 14.1. The number of anilines is 2. The van der Waals surface area contributed by atoms with Crippen molar-refractivity contribution in [2.75, 3.05) is 17.2 Å². The number of amides is 2. The lowest BCUT2D eigenvalue weighted by atomic mass is 10.2. The molecule has 0 radical (unpaired) electrons. The van der Waals surface area contributed by atoms with Crippen molar-refractivity contribution in [3.8, 4) is 5.75 Å². The molecule has 0 aliphatic heterocycles. The van der Waals surface area contributed by atoms with Crippen LogP contribution in [0.25, 0.3) is 0 Å². The second-order valence-corrected chi connectivity index (χ2v) is 7.30. The number of carbonyl (C=O) groups excluding carboxylic acids is 2. The Labute approximate surface area is 167 Å². The first kappa shape index (κ1) is 18.3. The molecular formula is C18H14IN3O3S. The molecule has 0 bridgehead atoms. The van der Waals surface area contributed by atoms with Gasteiger partial charge in [-0.2, -0.15) is 0 Å². The summed E-state index contributed by atoms with van der Waals surface area (Å²) in [5.74, 6) is 0.0318. The summed E-state index contributed by atoms with van der Waals surface area (Å²) >= 11 is 3.53. The van der Waals surface area contributed by atoms with Crippen molar-refractivity contribution in [3.05, 3.63) is 69.2 Å². The number of aromatic nitrogens is 1. The van der Waals surface area contributed by atoms with Crippen LogP contribution in [0.4, 0.5) is 10.8 Å². The SMILES string of the molecule is O=C(COc1ccc(I)cc1)Nc1cccc(C(=O)Nc2nccs2)c1. The van der Waals surface area contributed by atoms with Gasteiger partial charge in [-0.25, -0.2) is 4.98 Å². The maximum absolute atomic E-state index is 12.2. The molecule has 2 aromatic carbocycles. The number of carbonyl (C=O) groups is 2. The van der Waals surface area contributed by atoms with Crippen molar-refractivity contribution in [2.45, 2.75) is 0 Å². The minimum Gasteiger partial charge on any atom is -0.484 e. The van der Waals surface area contributed by atoms with E-state index in [0.717, 1.165) is 3.57 Å². The van der Waals surface area contributed by atoms with Crippen molar-refractivity contribution in [1.29, 1.82) is 0 Å². The highest BCUT2D eigenvalue weighted by Gasteiger charge is 2.10. The van der Waals surface area contributed by atoms with Crippen LogP contribution in [0.15, 0.2) is 60.1 Å². The van der Waals surface area contributed by atoms with Crippen LogP contribution < -0.4 is 15.4 Å². The summed E-state index contributed by atoms with van der Waals surface area (Å²) in [4.78, 5) is 28.3. The zero-order valence-electron chi connectivity index (χ0n) is 13.4. The lowest BCUT2D eigenvalue weighted by Crippen LogP contribution is -2.20. The van der Waals surface area contributed by atoms with E-state index in [1.165, 1.54) is 11.3 Å². The molecule has 0 aliphatic rings. The lowest BCUT2D eigenvalue weighted by molar-refractivity contribution is -0.118. The molecule has 0 atom stereocenters. The van der Waals surface area contributed by atoms with E-state index in [0.29, 0.717) is 22.1 Å². The molecule has 26 heavy (non-hydrogen) atoms. The summed E-state index contributed by atoms with van der Waals surface area (Å²) in [7, 11) is 0. The summed E-state index contributed by atoms with van der Waals surface area (Å²) in [5, 5.41) is 7.72. The molecule has 0 unspecified atom stereocenters. The number of nitrogens with one attached hydrogen (secondary N) is 2. The molecule has 6 nitrogen and oxygen atoms in total. The maximum Gasteiger partial charge on any atom is 0.262 e. The number of thiazole rings is 1. The molecule has 1 heterocycles. The Balaban J connectivity index is 1.56. The predicted octanol–water partition coefficient (Wildman–Crippen LogP) is 4.02. The first-order chi connectivity index (χ1) is 12.6. The van der Waals surface area contributed by atoms with Crippen LogP contribution in [-0.2, 0) is 4.79 Å². The molecule has 1 aromatic heterocycles. The summed E-state index contributed by atoms with van der Waals surface area (Å²) in [6.45, 7) is -0.115. The highest BCUT2D eigenvalue weighted by Crippen LogP contribution is 2.16. The zero-order valence-corrected chi connectivity index (χ0v) is 16.4. The lowest BCUT2D eigenvalue weighted by Gasteiger charge is -2.09. The molecule has 0 fully saturated rings. The summed E-state index contributed by atoms with van der Waals surface area (Å²) in [5.41, 5.74) is 0.949. The van der Waals surface area contributed by atoms with Gasteiger partial charge in [0.25, 0.3) is 11.8 Å². The second kappa shape index (κ2) is 8.77. The fraction of sp³-hybridized carbons (Fsp3) is 0.0556. The van der Waals surface area contributed by atoms with E-state index in [1.807, 2.05) is 12.1 Å². The third-order valence-electron chi connectivity index (χ3n) is 3.24. The summed E-state index contributed by atoms with van der Waals surface area (Å²) in [6.07, 6.45) is 1.62. The number of hydrogen-bond acceptors (Lipinski definition) is 5. The standard InChI is InChI=1S/C18H14IN3O3S/c19-13-4-6-15(7-5-13)25-11-16(23)21-14-3-1-2-12(10-14)17(24)22-18-20-8-9-26-18/h1-10H,11H2,(H,21,23)(H,20,22,24). The van der Waals surface area contributed by atoms with E-state index in [9.17, 15) is 9.59 Å². The first-order valence-electron chi connectivity index (χ1n) is 7.59. The minimum atomic E-state index is -0.305. The van der Waals surface area contributed by atoms with Crippen LogP contribution in [-0.4, -0.2) is 23.4 Å². The van der Waals surface area contributed by atoms with Crippen molar-refractivity contribution < 1.29 is 14.3 Å². The van der Waals surface area contributed by atoms with E-state index >= 15 is 0 Å². The molecule has 3 aromatic rings. The van der Waals surface area contributed by atoms with Crippen molar-refractivity contribution in [2.24, 2.45) is 0 Å². The number of halogens is 1. The fourth-order valence-corrected chi connectivity index (χ4v) is 2.95. The zero-order chi connectivity index (χ0) is 18.4. The van der Waals surface area contributed by atoms with Gasteiger partial charge in [0.05, 0.1) is 0 Å². The van der Waals surface area contributed by atoms with E-state index in [4.69, 9.17) is 4.74 Å². The van der Waals surface area contributed by atoms with Gasteiger partial charge in [0.15, 0.2) is 11.7 Å². The second-order valence-electron chi connectivity index (χ2n) is 5.16. The molecule has 0 saturated heterocycles. The minimum absolute atomic E-state index is 0.115. The van der Waals surface area contributed by atoms with Gasteiger partial charge in [-0.05, 0) is 65.1 Å². The van der Waals surface area contributed by atoms with Gasteiger partial charge >= 0.3 is 0 Å². The molecule has 3 rings (SSSR count). The average Bonchev–Trinajstić information content (AvgIpc) is 3.14. The first-order valence-corrected chi connectivity index (χ1v) is 9.55. The van der Waals surface area contributed by atoms with E-state index in [2.05, 4.69) is 38.2 Å². The molecule has 2 N–H and O–H groups in total. The third-order valence-corrected chi connectivity index (χ3v) is 4.65. The predicted molar refractivity (Wildman–Crippen MR) is 110 cm³/mol. The topological polar surface area (TPSA) is 80.3 Å². The molecule has 132 valence electrons.